The number of hydrogen-bond donors (Lipinski definition) is 0. The highest BCUT2D eigenvalue weighted by Gasteiger charge is 2.29. The molecule has 1 amide bonds. The molecule has 0 atom stereocenters. The molecule has 0 N–H and O–H groups in total. The van der Waals surface area contributed by atoms with Gasteiger partial charge in [0.2, 0.25) is 5.82 Å². The Morgan fingerprint density at radius 3 is 2.62 bits per heavy atom. The molecule has 0 aromatic carbocycles. The van der Waals surface area contributed by atoms with E-state index in [1.807, 2.05) is 0 Å². The molecule has 26 heavy (non-hydrogen) atoms. The van der Waals surface area contributed by atoms with Crippen LogP contribution in [0.5, 0.6) is 0 Å². The predicted octanol–water partition coefficient (Wildman–Crippen LogP) is 1.05. The third kappa shape index (κ3) is 3.27. The second-order valence-electron chi connectivity index (χ2n) is 6.09. The Balaban J connectivity index is 1.54. The third-order valence-electron chi connectivity index (χ3n) is 4.40. The molecule has 2 saturated heterocycles. The normalized spacial score (nSPS) is 19.2. The van der Waals surface area contributed by atoms with Gasteiger partial charge in [-0.3, -0.25) is 4.79 Å². The van der Waals surface area contributed by atoms with E-state index >= 15 is 0 Å². The van der Waals surface area contributed by atoms with Crippen LogP contribution >= 0.6 is 11.3 Å². The standard InChI is InChI=1S/C15H18N4O5S2/c20-15(18-3-1-2-4-18)14-16-13(17-24-14)11-9-12(25-10-11)26(21,22)19-5-7-23-8-6-19/h9-10H,1-8H2. The molecular weight excluding hydrogens is 380 g/mol. The fraction of sp³-hybridized carbons (Fsp3) is 0.533. The minimum atomic E-state index is -3.56. The summed E-state index contributed by atoms with van der Waals surface area (Å²) in [5.74, 6) is -0.129. The van der Waals surface area contributed by atoms with Crippen LogP contribution in [0.3, 0.4) is 0 Å². The molecule has 2 aliphatic rings. The molecular formula is C15H18N4O5S2. The molecule has 0 radical (unpaired) electrons. The van der Waals surface area contributed by atoms with Crippen molar-refractivity contribution in [2.24, 2.45) is 0 Å². The van der Waals surface area contributed by atoms with E-state index in [1.165, 1.54) is 10.4 Å². The van der Waals surface area contributed by atoms with Crippen LogP contribution in [0.4, 0.5) is 0 Å². The summed E-state index contributed by atoms with van der Waals surface area (Å²) in [7, 11) is -3.56. The highest BCUT2D eigenvalue weighted by Crippen LogP contribution is 2.29. The number of nitrogens with zero attached hydrogens (tertiary/aromatic N) is 4. The molecule has 2 fully saturated rings. The molecule has 140 valence electrons. The molecule has 9 nitrogen and oxygen atoms in total. The second-order valence-corrected chi connectivity index (χ2v) is 9.17. The van der Waals surface area contributed by atoms with Crippen LogP contribution in [0.2, 0.25) is 0 Å². The zero-order valence-corrected chi connectivity index (χ0v) is 15.6. The third-order valence-corrected chi connectivity index (χ3v) is 7.71. The topological polar surface area (TPSA) is 106 Å². The maximum atomic E-state index is 12.7. The smallest absolute Gasteiger partial charge is 0.316 e. The first kappa shape index (κ1) is 17.6. The summed E-state index contributed by atoms with van der Waals surface area (Å²) >= 11 is 1.10. The SMILES string of the molecule is O=C(c1nc(-c2csc(S(=O)(=O)N3CCOCC3)c2)no1)N1CCCC1. The Morgan fingerprint density at radius 1 is 1.15 bits per heavy atom. The Labute approximate surface area is 154 Å². The molecule has 0 bridgehead atoms. The van der Waals surface area contributed by atoms with E-state index in [2.05, 4.69) is 10.1 Å². The summed E-state index contributed by atoms with van der Waals surface area (Å²) in [6.07, 6.45) is 1.94. The predicted molar refractivity (Wildman–Crippen MR) is 92.3 cm³/mol. The first-order valence-electron chi connectivity index (χ1n) is 8.35. The van der Waals surface area contributed by atoms with Crippen molar-refractivity contribution >= 4 is 27.3 Å². The Morgan fingerprint density at radius 2 is 1.88 bits per heavy atom. The van der Waals surface area contributed by atoms with Gasteiger partial charge in [-0.2, -0.15) is 9.29 Å². The van der Waals surface area contributed by atoms with Gasteiger partial charge < -0.3 is 14.2 Å². The van der Waals surface area contributed by atoms with Crippen molar-refractivity contribution in [1.29, 1.82) is 0 Å². The molecule has 4 rings (SSSR count). The average Bonchev–Trinajstić information content (AvgIpc) is 3.42. The molecule has 2 aromatic heterocycles. The van der Waals surface area contributed by atoms with Crippen molar-refractivity contribution in [3.05, 3.63) is 17.3 Å². The van der Waals surface area contributed by atoms with Gasteiger partial charge in [-0.25, -0.2) is 8.42 Å². The van der Waals surface area contributed by atoms with Crippen LogP contribution in [0, 0.1) is 0 Å². The van der Waals surface area contributed by atoms with Crippen molar-refractivity contribution in [1.82, 2.24) is 19.3 Å². The second kappa shape index (κ2) is 7.06. The molecule has 11 heteroatoms. The van der Waals surface area contributed by atoms with Crippen LogP contribution in [0.15, 0.2) is 20.2 Å². The van der Waals surface area contributed by atoms with Gasteiger partial charge in [-0.15, -0.1) is 11.3 Å². The van der Waals surface area contributed by atoms with Gasteiger partial charge in [-0.1, -0.05) is 5.16 Å². The monoisotopic (exact) mass is 398 g/mol. The Hall–Kier alpha value is -1.82. The average molecular weight is 398 g/mol. The van der Waals surface area contributed by atoms with Crippen LogP contribution < -0.4 is 0 Å². The van der Waals surface area contributed by atoms with Gasteiger partial charge in [0.25, 0.3) is 10.0 Å². The van der Waals surface area contributed by atoms with E-state index in [0.29, 0.717) is 45.0 Å². The van der Waals surface area contributed by atoms with Crippen molar-refractivity contribution < 1.29 is 22.5 Å². The zero-order chi connectivity index (χ0) is 18.1. The van der Waals surface area contributed by atoms with Crippen LogP contribution in [0.1, 0.15) is 23.5 Å². The number of hydrogen-bond acceptors (Lipinski definition) is 8. The summed E-state index contributed by atoms with van der Waals surface area (Å²) in [6.45, 7) is 2.85. The van der Waals surface area contributed by atoms with Crippen molar-refractivity contribution in [2.45, 2.75) is 17.1 Å². The van der Waals surface area contributed by atoms with Gasteiger partial charge in [0.15, 0.2) is 0 Å². The number of rotatable bonds is 4. The summed E-state index contributed by atoms with van der Waals surface area (Å²) < 4.78 is 37.3. The number of aromatic nitrogens is 2. The lowest BCUT2D eigenvalue weighted by molar-refractivity contribution is 0.0731. The van der Waals surface area contributed by atoms with Gasteiger partial charge in [0.1, 0.15) is 4.21 Å². The molecule has 2 aromatic rings. The molecule has 2 aliphatic heterocycles. The maximum absolute atomic E-state index is 12.7. The zero-order valence-electron chi connectivity index (χ0n) is 14.0. The number of ether oxygens (including phenoxy) is 1. The quantitative estimate of drug-likeness (QED) is 0.758. The molecule has 4 heterocycles. The van der Waals surface area contributed by atoms with E-state index in [4.69, 9.17) is 9.26 Å². The summed E-state index contributed by atoms with van der Waals surface area (Å²) in [5, 5.41) is 5.49. The number of morpholine rings is 1. The lowest BCUT2D eigenvalue weighted by atomic mass is 10.3. The highest BCUT2D eigenvalue weighted by atomic mass is 32.2. The number of carbonyl (C=O) groups is 1. The van der Waals surface area contributed by atoms with Gasteiger partial charge in [0, 0.05) is 37.1 Å². The van der Waals surface area contributed by atoms with E-state index < -0.39 is 10.0 Å². The van der Waals surface area contributed by atoms with E-state index in [1.54, 1.807) is 10.3 Å². The summed E-state index contributed by atoms with van der Waals surface area (Å²) in [4.78, 5) is 18.1. The van der Waals surface area contributed by atoms with Crippen LogP contribution in [-0.4, -0.2) is 73.1 Å². The number of sulfonamides is 1. The van der Waals surface area contributed by atoms with Crippen LogP contribution in [0.25, 0.3) is 11.4 Å². The first-order valence-corrected chi connectivity index (χ1v) is 10.7. The highest BCUT2D eigenvalue weighted by molar-refractivity contribution is 7.91. The van der Waals surface area contributed by atoms with Crippen LogP contribution in [-0.2, 0) is 14.8 Å². The fourth-order valence-corrected chi connectivity index (χ4v) is 5.69. The largest absolute Gasteiger partial charge is 0.379 e. The minimum Gasteiger partial charge on any atom is -0.379 e. The minimum absolute atomic E-state index is 0.0642. The van der Waals surface area contributed by atoms with Gasteiger partial charge in [-0.05, 0) is 18.9 Å². The van der Waals surface area contributed by atoms with E-state index in [0.717, 1.165) is 24.2 Å². The Bertz CT molecular complexity index is 895. The van der Waals surface area contributed by atoms with Crippen molar-refractivity contribution in [2.75, 3.05) is 39.4 Å². The lowest BCUT2D eigenvalue weighted by Gasteiger charge is -2.25. The number of thiophene rings is 1. The maximum Gasteiger partial charge on any atom is 0.316 e. The van der Waals surface area contributed by atoms with Crippen molar-refractivity contribution in [3.8, 4) is 11.4 Å². The fourth-order valence-electron chi connectivity index (χ4n) is 2.97. The molecule has 0 aliphatic carbocycles. The number of amides is 1. The summed E-state index contributed by atoms with van der Waals surface area (Å²) in [6, 6.07) is 1.52. The number of likely N-dealkylation sites (tertiary alicyclic amines) is 1. The van der Waals surface area contributed by atoms with E-state index in [9.17, 15) is 13.2 Å². The Kier molecular flexibility index (Phi) is 4.78. The molecule has 0 saturated carbocycles. The van der Waals surface area contributed by atoms with Gasteiger partial charge in [0.05, 0.1) is 13.2 Å². The summed E-state index contributed by atoms with van der Waals surface area (Å²) in [5.41, 5.74) is 0.519. The molecule has 0 spiro atoms. The van der Waals surface area contributed by atoms with Gasteiger partial charge >= 0.3 is 11.8 Å². The molecule has 0 unspecified atom stereocenters. The number of carbonyl (C=O) groups excluding carboxylic acids is 1. The first-order chi connectivity index (χ1) is 12.6. The van der Waals surface area contributed by atoms with Crippen molar-refractivity contribution in [3.63, 3.8) is 0 Å². The van der Waals surface area contributed by atoms with E-state index in [-0.39, 0.29) is 21.8 Å². The lowest BCUT2D eigenvalue weighted by Crippen LogP contribution is -2.40.